The Balaban J connectivity index is 2.00. The van der Waals surface area contributed by atoms with E-state index in [0.29, 0.717) is 0 Å². The van der Waals surface area contributed by atoms with Crippen molar-refractivity contribution in [3.63, 3.8) is 0 Å². The summed E-state index contributed by atoms with van der Waals surface area (Å²) < 4.78 is 7.85. The lowest BCUT2D eigenvalue weighted by atomic mass is 10.0. The molecule has 1 aromatic heterocycles. The second kappa shape index (κ2) is 7.45. The topological polar surface area (TPSA) is 40.2 Å². The summed E-state index contributed by atoms with van der Waals surface area (Å²) in [6.07, 6.45) is 0. The number of methoxy groups -OCH3 is 1. The zero-order valence-electron chi connectivity index (χ0n) is 16.7. The molecule has 4 aromatic carbocycles. The fraction of sp³-hybridized carbons (Fsp3) is 0.0370. The third-order valence-electron chi connectivity index (χ3n) is 5.46. The quantitative estimate of drug-likeness (QED) is 0.353. The summed E-state index contributed by atoms with van der Waals surface area (Å²) >= 11 is 0. The van der Waals surface area contributed by atoms with Crippen LogP contribution in [-0.2, 0) is 0 Å². The molecule has 3 heteroatoms. The van der Waals surface area contributed by atoms with E-state index in [1.807, 2.05) is 36.4 Å². The molecule has 2 N–H and O–H groups in total. The number of fused-ring (bicyclic) bond motifs is 1. The molecule has 146 valence electrons. The van der Waals surface area contributed by atoms with Gasteiger partial charge in [0.2, 0.25) is 0 Å². The highest BCUT2D eigenvalue weighted by Crippen LogP contribution is 2.43. The lowest BCUT2D eigenvalue weighted by molar-refractivity contribution is 0.415. The third kappa shape index (κ3) is 2.92. The smallest absolute Gasteiger partial charge is 0.119 e. The second-order valence-corrected chi connectivity index (χ2v) is 7.24. The predicted octanol–water partition coefficient (Wildman–Crippen LogP) is 6.56. The van der Waals surface area contributed by atoms with Gasteiger partial charge in [-0.15, -0.1) is 0 Å². The van der Waals surface area contributed by atoms with E-state index >= 15 is 0 Å². The molecule has 0 atom stereocenters. The van der Waals surface area contributed by atoms with Crippen molar-refractivity contribution in [3.05, 3.63) is 103 Å². The van der Waals surface area contributed by atoms with Crippen molar-refractivity contribution in [3.8, 4) is 34.0 Å². The average Bonchev–Trinajstić information content (AvgIpc) is 3.14. The van der Waals surface area contributed by atoms with E-state index in [-0.39, 0.29) is 0 Å². The van der Waals surface area contributed by atoms with Crippen molar-refractivity contribution in [2.45, 2.75) is 0 Å². The van der Waals surface area contributed by atoms with Crippen LogP contribution in [0, 0.1) is 0 Å². The van der Waals surface area contributed by atoms with Crippen LogP contribution in [-0.4, -0.2) is 11.7 Å². The molecule has 0 spiro atoms. The van der Waals surface area contributed by atoms with Crippen molar-refractivity contribution >= 4 is 16.5 Å². The Kier molecular flexibility index (Phi) is 4.49. The highest BCUT2D eigenvalue weighted by Gasteiger charge is 2.22. The number of aromatic nitrogens is 1. The summed E-state index contributed by atoms with van der Waals surface area (Å²) in [5.74, 6) is 0.831. The van der Waals surface area contributed by atoms with Crippen LogP contribution in [0.5, 0.6) is 5.75 Å². The molecule has 0 amide bonds. The molecule has 5 rings (SSSR count). The van der Waals surface area contributed by atoms with Gasteiger partial charge in [-0.3, -0.25) is 0 Å². The maximum absolute atomic E-state index is 6.48. The molecule has 5 aromatic rings. The minimum absolute atomic E-state index is 0.735. The van der Waals surface area contributed by atoms with Gasteiger partial charge in [0, 0.05) is 10.8 Å². The molecule has 0 aliphatic rings. The predicted molar refractivity (Wildman–Crippen MR) is 125 cm³/mol. The maximum Gasteiger partial charge on any atom is 0.119 e. The summed E-state index contributed by atoms with van der Waals surface area (Å²) in [6.45, 7) is 0. The van der Waals surface area contributed by atoms with Crippen molar-refractivity contribution in [1.29, 1.82) is 0 Å². The monoisotopic (exact) mass is 390 g/mol. The van der Waals surface area contributed by atoms with Gasteiger partial charge in [-0.1, -0.05) is 72.8 Å². The number of para-hydroxylation sites is 2. The van der Waals surface area contributed by atoms with E-state index in [1.54, 1.807) is 7.11 Å². The van der Waals surface area contributed by atoms with Crippen molar-refractivity contribution in [2.75, 3.05) is 12.8 Å². The number of rotatable bonds is 4. The molecule has 0 saturated carbocycles. The zero-order valence-corrected chi connectivity index (χ0v) is 16.7. The first-order valence-corrected chi connectivity index (χ1v) is 9.96. The van der Waals surface area contributed by atoms with E-state index in [9.17, 15) is 0 Å². The van der Waals surface area contributed by atoms with Gasteiger partial charge in [0.15, 0.2) is 0 Å². The Morgan fingerprint density at radius 3 is 1.80 bits per heavy atom. The molecule has 0 unspecified atom stereocenters. The normalized spacial score (nSPS) is 11.0. The third-order valence-corrected chi connectivity index (χ3v) is 5.46. The fourth-order valence-corrected chi connectivity index (χ4v) is 4.10. The standard InChI is InChI=1S/C27H22N2O/c1-30-21-16-17-22-23(18-21)27(20-12-6-3-7-13-20)29(25-15-9-8-14-24(25)28)26(22)19-10-4-2-5-11-19/h2-18H,28H2,1H3. The maximum atomic E-state index is 6.48. The number of ether oxygens (including phenoxy) is 1. The van der Waals surface area contributed by atoms with Crippen molar-refractivity contribution < 1.29 is 4.74 Å². The zero-order chi connectivity index (χ0) is 20.5. The number of nitrogens with two attached hydrogens (primary N) is 1. The summed E-state index contributed by atoms with van der Waals surface area (Å²) in [5.41, 5.74) is 12.7. The Labute approximate surface area is 176 Å². The molecule has 0 aliphatic carbocycles. The van der Waals surface area contributed by atoms with E-state index in [4.69, 9.17) is 10.5 Å². The van der Waals surface area contributed by atoms with E-state index in [0.717, 1.165) is 50.4 Å². The average molecular weight is 390 g/mol. The number of nitrogen functional groups attached to an aromatic ring is 1. The van der Waals surface area contributed by atoms with Crippen molar-refractivity contribution in [2.24, 2.45) is 0 Å². The van der Waals surface area contributed by atoms with Crippen LogP contribution in [0.4, 0.5) is 5.69 Å². The van der Waals surface area contributed by atoms with Gasteiger partial charge in [0.1, 0.15) is 5.75 Å². The first-order valence-electron chi connectivity index (χ1n) is 9.96. The minimum atomic E-state index is 0.735. The van der Waals surface area contributed by atoms with Gasteiger partial charge in [-0.2, -0.15) is 0 Å². The Hall–Kier alpha value is -3.98. The number of hydrogen-bond acceptors (Lipinski definition) is 2. The van der Waals surface area contributed by atoms with Crippen LogP contribution in [0.1, 0.15) is 0 Å². The van der Waals surface area contributed by atoms with Gasteiger partial charge in [0.25, 0.3) is 0 Å². The molecular weight excluding hydrogens is 368 g/mol. The van der Waals surface area contributed by atoms with E-state index in [1.165, 1.54) is 0 Å². The van der Waals surface area contributed by atoms with Gasteiger partial charge in [0.05, 0.1) is 29.9 Å². The Bertz CT molecular complexity index is 1320. The van der Waals surface area contributed by atoms with Crippen LogP contribution in [0.3, 0.4) is 0 Å². The molecule has 0 fully saturated rings. The molecule has 0 saturated heterocycles. The van der Waals surface area contributed by atoms with Crippen molar-refractivity contribution in [1.82, 2.24) is 4.57 Å². The van der Waals surface area contributed by atoms with E-state index < -0.39 is 0 Å². The Morgan fingerprint density at radius 1 is 0.633 bits per heavy atom. The highest BCUT2D eigenvalue weighted by atomic mass is 16.5. The highest BCUT2D eigenvalue weighted by molar-refractivity contribution is 6.07. The molecule has 1 heterocycles. The van der Waals surface area contributed by atoms with Crippen LogP contribution >= 0.6 is 0 Å². The molecular formula is C27H22N2O. The van der Waals surface area contributed by atoms with Gasteiger partial charge < -0.3 is 15.0 Å². The first-order chi connectivity index (χ1) is 14.8. The summed E-state index contributed by atoms with van der Waals surface area (Å²) in [4.78, 5) is 0. The fourth-order valence-electron chi connectivity index (χ4n) is 4.10. The van der Waals surface area contributed by atoms with Crippen LogP contribution < -0.4 is 10.5 Å². The second-order valence-electron chi connectivity index (χ2n) is 7.24. The minimum Gasteiger partial charge on any atom is -0.497 e. The molecule has 0 radical (unpaired) electrons. The van der Waals surface area contributed by atoms with Gasteiger partial charge in [-0.05, 0) is 41.5 Å². The Morgan fingerprint density at radius 2 is 1.20 bits per heavy atom. The summed E-state index contributed by atoms with van der Waals surface area (Å²) in [6, 6.07) is 35.2. The lowest BCUT2D eigenvalue weighted by Gasteiger charge is -2.16. The summed E-state index contributed by atoms with van der Waals surface area (Å²) in [7, 11) is 1.70. The first kappa shape index (κ1) is 18.1. The molecule has 0 aliphatic heterocycles. The number of hydrogen-bond donors (Lipinski definition) is 1. The molecule has 3 nitrogen and oxygen atoms in total. The van der Waals surface area contributed by atoms with E-state index in [2.05, 4.69) is 71.3 Å². The van der Waals surface area contributed by atoms with Gasteiger partial charge >= 0.3 is 0 Å². The van der Waals surface area contributed by atoms with Crippen LogP contribution in [0.2, 0.25) is 0 Å². The van der Waals surface area contributed by atoms with Gasteiger partial charge in [-0.25, -0.2) is 0 Å². The van der Waals surface area contributed by atoms with Crippen LogP contribution in [0.25, 0.3) is 39.0 Å². The summed E-state index contributed by atoms with van der Waals surface area (Å²) in [5, 5.41) is 2.28. The van der Waals surface area contributed by atoms with Crippen LogP contribution in [0.15, 0.2) is 103 Å². The SMILES string of the molecule is COc1ccc2c(-c3ccccc3)n(-c3ccccc3N)c(-c3ccccc3)c2c1. The number of nitrogens with zero attached hydrogens (tertiary/aromatic N) is 1. The molecule has 30 heavy (non-hydrogen) atoms. The lowest BCUT2D eigenvalue weighted by Crippen LogP contribution is -2.03. The molecule has 0 bridgehead atoms. The number of anilines is 1. The number of benzene rings is 4. The largest absolute Gasteiger partial charge is 0.497 e.